The molecule has 3 rings (SSSR count). The van der Waals surface area contributed by atoms with Crippen LogP contribution in [0.1, 0.15) is 94.2 Å². The molecule has 0 spiro atoms. The molecule has 0 N–H and O–H groups in total. The van der Waals surface area contributed by atoms with Crippen LogP contribution in [-0.2, 0) is 0 Å². The van der Waals surface area contributed by atoms with Crippen molar-refractivity contribution in [3.63, 3.8) is 0 Å². The molecule has 0 amide bonds. The highest BCUT2D eigenvalue weighted by Gasteiger charge is 2.42. The summed E-state index contributed by atoms with van der Waals surface area (Å²) < 4.78 is 2.32. The van der Waals surface area contributed by atoms with Crippen LogP contribution >= 0.6 is 38.5 Å². The minimum Gasteiger partial charge on any atom is -0.125 e. The minimum absolute atomic E-state index is 0.594. The molecule has 0 fully saturated rings. The molecule has 3 aromatic rings. The fraction of sp³-hybridized carbons (Fsp3) is 0.500. The summed E-state index contributed by atoms with van der Waals surface area (Å²) in [5.74, 6) is 7.74. The third-order valence-corrected chi connectivity index (χ3v) is 23.3. The van der Waals surface area contributed by atoms with Crippen molar-refractivity contribution in [2.45, 2.75) is 116 Å². The predicted molar refractivity (Wildman–Crippen MR) is 198 cm³/mol. The summed E-state index contributed by atoms with van der Waals surface area (Å²) in [5.41, 5.74) is 14.0. The summed E-state index contributed by atoms with van der Waals surface area (Å²) in [6.07, 6.45) is 0. The van der Waals surface area contributed by atoms with Gasteiger partial charge in [0.1, 0.15) is 16.1 Å². The zero-order valence-corrected chi connectivity index (χ0v) is 32.4. The van der Waals surface area contributed by atoms with E-state index in [0.29, 0.717) is 33.2 Å². The number of benzene rings is 3. The normalized spacial score (nSPS) is 12.7. The highest BCUT2D eigenvalue weighted by Crippen LogP contribution is 2.43. The lowest BCUT2D eigenvalue weighted by Crippen LogP contribution is -2.43. The second-order valence-corrected chi connectivity index (χ2v) is 26.7. The Hall–Kier alpha value is -1.06. The summed E-state index contributed by atoms with van der Waals surface area (Å²) >= 11 is 6.23. The lowest BCUT2D eigenvalue weighted by molar-refractivity contribution is 0.838. The second-order valence-electron chi connectivity index (χ2n) is 13.4. The van der Waals surface area contributed by atoms with Gasteiger partial charge in [0.05, 0.1) is 0 Å². The van der Waals surface area contributed by atoms with E-state index >= 15 is 0 Å². The SMILES string of the molecule is CC(C)[Si](C#Cc1c2ccc(I)cc2c(C#C[Si](C(C)C)(C(C)C)C(C)C)c2ccc(Br)cc12)(C(C)C)C(C)C. The molecule has 0 saturated carbocycles. The van der Waals surface area contributed by atoms with Crippen LogP contribution in [-0.4, -0.2) is 16.1 Å². The summed E-state index contributed by atoms with van der Waals surface area (Å²) in [6, 6.07) is 13.5. The number of rotatable bonds is 6. The molecule has 0 unspecified atom stereocenters. The maximum Gasteiger partial charge on any atom is 0.146 e. The molecule has 0 heterocycles. The molecular weight excluding hydrogens is 695 g/mol. The van der Waals surface area contributed by atoms with Gasteiger partial charge in [-0.05, 0) is 90.9 Å². The van der Waals surface area contributed by atoms with Crippen molar-refractivity contribution >= 4 is 76.2 Å². The molecule has 0 bridgehead atoms. The number of hydrogen-bond donors (Lipinski definition) is 0. The molecule has 0 nitrogen and oxygen atoms in total. The van der Waals surface area contributed by atoms with Gasteiger partial charge in [0.15, 0.2) is 0 Å². The molecule has 0 aromatic heterocycles. The highest BCUT2D eigenvalue weighted by atomic mass is 127. The fourth-order valence-corrected chi connectivity index (χ4v) is 18.9. The largest absolute Gasteiger partial charge is 0.146 e. The number of halogens is 2. The Morgan fingerprint density at radius 2 is 0.875 bits per heavy atom. The van der Waals surface area contributed by atoms with Gasteiger partial charge in [0.25, 0.3) is 0 Å². The van der Waals surface area contributed by atoms with Crippen molar-refractivity contribution in [3.8, 4) is 22.9 Å². The molecule has 0 atom stereocenters. The van der Waals surface area contributed by atoms with Gasteiger partial charge in [-0.15, -0.1) is 11.1 Å². The van der Waals surface area contributed by atoms with Crippen LogP contribution in [0.5, 0.6) is 0 Å². The van der Waals surface area contributed by atoms with Crippen molar-refractivity contribution in [1.29, 1.82) is 0 Å². The van der Waals surface area contributed by atoms with Gasteiger partial charge < -0.3 is 0 Å². The van der Waals surface area contributed by atoms with Crippen LogP contribution in [0.25, 0.3) is 21.5 Å². The van der Waals surface area contributed by atoms with Gasteiger partial charge in [-0.25, -0.2) is 0 Å². The van der Waals surface area contributed by atoms with Crippen LogP contribution in [0, 0.1) is 26.5 Å². The summed E-state index contributed by atoms with van der Waals surface area (Å²) in [7, 11) is -3.79. The maximum absolute atomic E-state index is 4.03. The van der Waals surface area contributed by atoms with E-state index in [1.54, 1.807) is 0 Å². The van der Waals surface area contributed by atoms with Crippen LogP contribution in [0.4, 0.5) is 0 Å². The predicted octanol–water partition coefficient (Wildman–Crippen LogP) is 12.5. The van der Waals surface area contributed by atoms with E-state index < -0.39 is 16.1 Å². The Labute approximate surface area is 269 Å². The molecule has 0 aliphatic heterocycles. The Bertz CT molecular complexity index is 1350. The maximum atomic E-state index is 4.03. The van der Waals surface area contributed by atoms with Gasteiger partial charge in [-0.2, -0.15) is 0 Å². The van der Waals surface area contributed by atoms with Crippen molar-refractivity contribution in [3.05, 3.63) is 55.6 Å². The summed E-state index contributed by atoms with van der Waals surface area (Å²) in [6.45, 7) is 28.7. The van der Waals surface area contributed by atoms with Crippen molar-refractivity contribution in [2.24, 2.45) is 0 Å². The molecule has 4 heteroatoms. The van der Waals surface area contributed by atoms with Crippen LogP contribution < -0.4 is 0 Å². The molecule has 0 aliphatic carbocycles. The first-order valence-corrected chi connectivity index (χ1v) is 21.4. The monoisotopic (exact) mass is 742 g/mol. The van der Waals surface area contributed by atoms with E-state index in [9.17, 15) is 0 Å². The molecule has 0 aliphatic rings. The standard InChI is InChI=1S/C36H48BrISi2/c1-23(2)39(24(3)4,25(5)6)19-17-33-32-16-14-30(38)22-36(32)34(31-15-13-29(37)21-35(31)33)18-20-40(26(7)8,27(9)10)28(11)12/h13-16,21-28H,1-12H3. The van der Waals surface area contributed by atoms with E-state index in [0.717, 1.165) is 10.0 Å². The topological polar surface area (TPSA) is 0 Å². The van der Waals surface area contributed by atoms with Gasteiger partial charge in [0, 0.05) is 29.9 Å². The van der Waals surface area contributed by atoms with E-state index in [1.807, 2.05) is 0 Å². The zero-order valence-electron chi connectivity index (χ0n) is 26.7. The smallest absolute Gasteiger partial charge is 0.125 e. The first-order valence-electron chi connectivity index (χ1n) is 15.0. The third kappa shape index (κ3) is 6.03. The number of fused-ring (bicyclic) bond motifs is 2. The molecule has 0 radical (unpaired) electrons. The lowest BCUT2D eigenvalue weighted by Gasteiger charge is -2.38. The Morgan fingerprint density at radius 1 is 0.525 bits per heavy atom. The average molecular weight is 744 g/mol. The fourth-order valence-electron chi connectivity index (χ4n) is 7.65. The van der Waals surface area contributed by atoms with Crippen LogP contribution in [0.3, 0.4) is 0 Å². The Balaban J connectivity index is 2.53. The first-order chi connectivity index (χ1) is 18.6. The van der Waals surface area contributed by atoms with Crippen molar-refractivity contribution < 1.29 is 0 Å². The first kappa shape index (κ1) is 33.4. The molecule has 3 aromatic carbocycles. The summed E-state index contributed by atoms with van der Waals surface area (Å²) in [4.78, 5) is 0. The second kappa shape index (κ2) is 13.1. The van der Waals surface area contributed by atoms with Gasteiger partial charge in [-0.1, -0.05) is 123 Å². The van der Waals surface area contributed by atoms with E-state index in [1.165, 1.54) is 30.7 Å². The van der Waals surface area contributed by atoms with E-state index in [2.05, 4.69) is 181 Å². The molecular formula is C36H48BrISi2. The van der Waals surface area contributed by atoms with Crippen molar-refractivity contribution in [1.82, 2.24) is 0 Å². The highest BCUT2D eigenvalue weighted by molar-refractivity contribution is 14.1. The third-order valence-electron chi connectivity index (χ3n) is 9.58. The lowest BCUT2D eigenvalue weighted by atomic mass is 9.92. The summed E-state index contributed by atoms with van der Waals surface area (Å²) in [5, 5.41) is 4.90. The van der Waals surface area contributed by atoms with E-state index in [4.69, 9.17) is 0 Å². The van der Waals surface area contributed by atoms with Crippen LogP contribution in [0.15, 0.2) is 40.9 Å². The quantitative estimate of drug-likeness (QED) is 0.102. The van der Waals surface area contributed by atoms with Gasteiger partial charge in [-0.3, -0.25) is 0 Å². The zero-order chi connectivity index (χ0) is 30.2. The van der Waals surface area contributed by atoms with E-state index in [-0.39, 0.29) is 0 Å². The van der Waals surface area contributed by atoms with Crippen molar-refractivity contribution in [2.75, 3.05) is 0 Å². The van der Waals surface area contributed by atoms with Gasteiger partial charge >= 0.3 is 0 Å². The average Bonchev–Trinajstić information content (AvgIpc) is 2.84. The number of hydrogen-bond acceptors (Lipinski definition) is 0. The van der Waals surface area contributed by atoms with Crippen LogP contribution in [0.2, 0.25) is 33.2 Å². The molecule has 0 saturated heterocycles. The van der Waals surface area contributed by atoms with Gasteiger partial charge in [0.2, 0.25) is 0 Å². The molecule has 40 heavy (non-hydrogen) atoms. The Kier molecular flexibility index (Phi) is 10.9. The Morgan fingerprint density at radius 3 is 1.25 bits per heavy atom. The molecule has 214 valence electrons. The minimum atomic E-state index is -1.90.